The second kappa shape index (κ2) is 6.21. The number of hydrogen-bond acceptors (Lipinski definition) is 4. The fourth-order valence-electron chi connectivity index (χ4n) is 3.17. The van der Waals surface area contributed by atoms with Crippen molar-refractivity contribution in [2.75, 3.05) is 39.0 Å². The number of nitrogens with zero attached hydrogens (tertiary/aromatic N) is 3. The highest BCUT2D eigenvalue weighted by atomic mass is 32.2. The molecule has 0 aliphatic carbocycles. The molecule has 2 rings (SSSR count). The highest BCUT2D eigenvalue weighted by Crippen LogP contribution is 2.22. The maximum atomic E-state index is 11.6. The summed E-state index contributed by atoms with van der Waals surface area (Å²) >= 11 is 0. The summed E-state index contributed by atoms with van der Waals surface area (Å²) in [5.41, 5.74) is 0. The predicted molar refractivity (Wildman–Crippen MR) is 73.9 cm³/mol. The summed E-state index contributed by atoms with van der Waals surface area (Å²) in [6.07, 6.45) is 5.43. The van der Waals surface area contributed by atoms with Crippen LogP contribution in [0.4, 0.5) is 0 Å². The minimum Gasteiger partial charge on any atom is -0.302 e. The lowest BCUT2D eigenvalue weighted by molar-refractivity contribution is 0.143. The Balaban J connectivity index is 1.87. The third-order valence-electron chi connectivity index (χ3n) is 4.16. The van der Waals surface area contributed by atoms with Crippen molar-refractivity contribution in [3.05, 3.63) is 0 Å². The Bertz CT molecular complexity index is 443. The van der Waals surface area contributed by atoms with Crippen LogP contribution >= 0.6 is 0 Å². The normalized spacial score (nSPS) is 30.9. The third kappa shape index (κ3) is 4.16. The SMILES string of the molecule is CS(=O)(=O)N1CCCC(CN2CCCC(C#N)C2)C1. The maximum Gasteiger partial charge on any atom is 0.211 e. The largest absolute Gasteiger partial charge is 0.302 e. The molecule has 108 valence electrons. The Morgan fingerprint density at radius 2 is 1.95 bits per heavy atom. The van der Waals surface area contributed by atoms with Gasteiger partial charge in [0.2, 0.25) is 10.0 Å². The van der Waals surface area contributed by atoms with Crippen molar-refractivity contribution >= 4 is 10.0 Å². The molecule has 6 heteroatoms. The Hall–Kier alpha value is -0.640. The van der Waals surface area contributed by atoms with Gasteiger partial charge < -0.3 is 4.90 Å². The number of piperidine rings is 2. The summed E-state index contributed by atoms with van der Waals surface area (Å²) in [4.78, 5) is 2.34. The molecule has 0 aromatic carbocycles. The van der Waals surface area contributed by atoms with Crippen LogP contribution in [0.25, 0.3) is 0 Å². The molecule has 0 radical (unpaired) electrons. The van der Waals surface area contributed by atoms with Crippen LogP contribution in [0, 0.1) is 23.2 Å². The van der Waals surface area contributed by atoms with Crippen molar-refractivity contribution in [1.29, 1.82) is 5.26 Å². The fraction of sp³-hybridized carbons (Fsp3) is 0.923. The second-order valence-electron chi connectivity index (χ2n) is 5.86. The molecular formula is C13H23N3O2S. The van der Waals surface area contributed by atoms with Crippen LogP contribution in [-0.4, -0.2) is 56.6 Å². The molecule has 2 unspecified atom stereocenters. The van der Waals surface area contributed by atoms with E-state index in [0.29, 0.717) is 19.0 Å². The fourth-order valence-corrected chi connectivity index (χ4v) is 4.11. The summed E-state index contributed by atoms with van der Waals surface area (Å²) in [5.74, 6) is 0.573. The van der Waals surface area contributed by atoms with Crippen LogP contribution < -0.4 is 0 Å². The minimum absolute atomic E-state index is 0.156. The van der Waals surface area contributed by atoms with Crippen LogP contribution in [0.5, 0.6) is 0 Å². The molecule has 0 amide bonds. The van der Waals surface area contributed by atoms with E-state index in [4.69, 9.17) is 5.26 Å². The number of likely N-dealkylation sites (tertiary alicyclic amines) is 1. The van der Waals surface area contributed by atoms with Gasteiger partial charge in [-0.3, -0.25) is 0 Å². The van der Waals surface area contributed by atoms with Crippen LogP contribution in [0.15, 0.2) is 0 Å². The van der Waals surface area contributed by atoms with E-state index in [0.717, 1.165) is 45.3 Å². The first kappa shape index (κ1) is 14.8. The van der Waals surface area contributed by atoms with Gasteiger partial charge in [-0.2, -0.15) is 5.26 Å². The average Bonchev–Trinajstić information content (AvgIpc) is 2.38. The molecule has 0 saturated carbocycles. The monoisotopic (exact) mass is 285 g/mol. The van der Waals surface area contributed by atoms with Gasteiger partial charge >= 0.3 is 0 Å². The molecule has 2 aliphatic rings. The molecule has 5 nitrogen and oxygen atoms in total. The van der Waals surface area contributed by atoms with Crippen molar-refractivity contribution in [2.24, 2.45) is 11.8 Å². The maximum absolute atomic E-state index is 11.6. The lowest BCUT2D eigenvalue weighted by atomic mass is 9.95. The topological polar surface area (TPSA) is 64.4 Å². The van der Waals surface area contributed by atoms with E-state index in [2.05, 4.69) is 11.0 Å². The molecule has 2 saturated heterocycles. The zero-order chi connectivity index (χ0) is 13.9. The lowest BCUT2D eigenvalue weighted by Crippen LogP contribution is -2.45. The zero-order valence-electron chi connectivity index (χ0n) is 11.6. The molecule has 2 atom stereocenters. The van der Waals surface area contributed by atoms with Crippen molar-refractivity contribution < 1.29 is 8.42 Å². The Kier molecular flexibility index (Phi) is 4.82. The smallest absolute Gasteiger partial charge is 0.211 e. The molecule has 19 heavy (non-hydrogen) atoms. The molecule has 2 heterocycles. The predicted octanol–water partition coefficient (Wildman–Crippen LogP) is 0.894. The lowest BCUT2D eigenvalue weighted by Gasteiger charge is -2.36. The van der Waals surface area contributed by atoms with E-state index in [-0.39, 0.29) is 5.92 Å². The molecule has 2 aliphatic heterocycles. The molecule has 0 bridgehead atoms. The molecular weight excluding hydrogens is 262 g/mol. The van der Waals surface area contributed by atoms with E-state index in [1.54, 1.807) is 4.31 Å². The number of sulfonamides is 1. The average molecular weight is 285 g/mol. The Morgan fingerprint density at radius 3 is 2.63 bits per heavy atom. The van der Waals surface area contributed by atoms with Crippen molar-refractivity contribution in [1.82, 2.24) is 9.21 Å². The van der Waals surface area contributed by atoms with E-state index < -0.39 is 10.0 Å². The van der Waals surface area contributed by atoms with E-state index in [9.17, 15) is 8.42 Å². The van der Waals surface area contributed by atoms with Crippen LogP contribution in [-0.2, 0) is 10.0 Å². The molecule has 0 spiro atoms. The van der Waals surface area contributed by atoms with Gasteiger partial charge in [0.15, 0.2) is 0 Å². The highest BCUT2D eigenvalue weighted by molar-refractivity contribution is 7.88. The molecule has 0 N–H and O–H groups in total. The van der Waals surface area contributed by atoms with Crippen LogP contribution in [0.2, 0.25) is 0 Å². The Morgan fingerprint density at radius 1 is 1.21 bits per heavy atom. The first-order valence-corrected chi connectivity index (χ1v) is 8.91. The van der Waals surface area contributed by atoms with Gasteiger partial charge in [-0.1, -0.05) is 0 Å². The van der Waals surface area contributed by atoms with E-state index in [1.807, 2.05) is 0 Å². The molecule has 0 aromatic rings. The van der Waals surface area contributed by atoms with Crippen LogP contribution in [0.1, 0.15) is 25.7 Å². The first-order chi connectivity index (χ1) is 8.99. The zero-order valence-corrected chi connectivity index (χ0v) is 12.4. The van der Waals surface area contributed by atoms with Crippen molar-refractivity contribution in [3.8, 4) is 6.07 Å². The van der Waals surface area contributed by atoms with Gasteiger partial charge in [0.25, 0.3) is 0 Å². The Labute approximate surface area is 116 Å². The summed E-state index contributed by atoms with van der Waals surface area (Å²) in [6, 6.07) is 2.36. The first-order valence-electron chi connectivity index (χ1n) is 7.06. The van der Waals surface area contributed by atoms with E-state index >= 15 is 0 Å². The van der Waals surface area contributed by atoms with E-state index in [1.165, 1.54) is 6.26 Å². The highest BCUT2D eigenvalue weighted by Gasteiger charge is 2.28. The summed E-state index contributed by atoms with van der Waals surface area (Å²) in [5, 5.41) is 9.00. The summed E-state index contributed by atoms with van der Waals surface area (Å²) < 4.78 is 24.8. The minimum atomic E-state index is -3.05. The van der Waals surface area contributed by atoms with Gasteiger partial charge in [0, 0.05) is 26.2 Å². The standard InChI is InChI=1S/C13H23N3O2S/c1-19(17,18)16-7-3-5-13(11-16)10-15-6-2-4-12(8-14)9-15/h12-13H,2-7,9-11H2,1H3. The van der Waals surface area contributed by atoms with Gasteiger partial charge in [0.05, 0.1) is 18.2 Å². The second-order valence-corrected chi connectivity index (χ2v) is 7.84. The summed E-state index contributed by atoms with van der Waals surface area (Å²) in [6.45, 7) is 4.15. The third-order valence-corrected chi connectivity index (χ3v) is 5.42. The number of hydrogen-bond donors (Lipinski definition) is 0. The molecule has 0 aromatic heterocycles. The number of rotatable bonds is 3. The van der Waals surface area contributed by atoms with Gasteiger partial charge in [0.1, 0.15) is 0 Å². The van der Waals surface area contributed by atoms with Gasteiger partial charge in [-0.15, -0.1) is 0 Å². The number of nitriles is 1. The van der Waals surface area contributed by atoms with Gasteiger partial charge in [-0.25, -0.2) is 12.7 Å². The van der Waals surface area contributed by atoms with Crippen molar-refractivity contribution in [2.45, 2.75) is 25.7 Å². The van der Waals surface area contributed by atoms with Gasteiger partial charge in [-0.05, 0) is 38.1 Å². The summed E-state index contributed by atoms with van der Waals surface area (Å²) in [7, 11) is -3.05. The quantitative estimate of drug-likeness (QED) is 0.772. The van der Waals surface area contributed by atoms with Crippen LogP contribution in [0.3, 0.4) is 0 Å². The molecule has 2 fully saturated rings. The van der Waals surface area contributed by atoms with Crippen molar-refractivity contribution in [3.63, 3.8) is 0 Å².